The van der Waals surface area contributed by atoms with Crippen LogP contribution in [0.1, 0.15) is 11.1 Å². The van der Waals surface area contributed by atoms with E-state index in [9.17, 15) is 8.42 Å². The minimum absolute atomic E-state index is 0.140. The van der Waals surface area contributed by atoms with Gasteiger partial charge in [0.15, 0.2) is 0 Å². The summed E-state index contributed by atoms with van der Waals surface area (Å²) >= 11 is 0. The number of fused-ring (bicyclic) bond motifs is 1. The molecule has 1 N–H and O–H groups in total. The summed E-state index contributed by atoms with van der Waals surface area (Å²) in [5, 5.41) is 0. The van der Waals surface area contributed by atoms with Crippen molar-refractivity contribution in [2.24, 2.45) is 0 Å². The van der Waals surface area contributed by atoms with Crippen LogP contribution in [0, 0.1) is 6.92 Å². The van der Waals surface area contributed by atoms with Crippen molar-refractivity contribution in [2.45, 2.75) is 13.3 Å². The number of nitrogens with zero attached hydrogens (tertiary/aromatic N) is 1. The van der Waals surface area contributed by atoms with Crippen molar-refractivity contribution in [3.05, 3.63) is 71.9 Å². The summed E-state index contributed by atoms with van der Waals surface area (Å²) in [6.45, 7) is 2.04. The highest BCUT2D eigenvalue weighted by molar-refractivity contribution is 7.92. The third kappa shape index (κ3) is 3.15. The molecular weight excluding hydrogens is 332 g/mol. The van der Waals surface area contributed by atoms with Crippen molar-refractivity contribution in [1.82, 2.24) is 4.98 Å². The molecule has 0 aliphatic carbocycles. The smallest absolute Gasteiger partial charge is 0.233 e. The molecule has 4 nitrogen and oxygen atoms in total. The van der Waals surface area contributed by atoms with E-state index in [2.05, 4.69) is 15.8 Å². The van der Waals surface area contributed by atoms with E-state index in [1.165, 1.54) is 0 Å². The van der Waals surface area contributed by atoms with E-state index >= 15 is 0 Å². The van der Waals surface area contributed by atoms with Crippen LogP contribution < -0.4 is 4.72 Å². The van der Waals surface area contributed by atoms with Gasteiger partial charge in [0.05, 0.1) is 17.1 Å². The molecule has 2 aromatic carbocycles. The Bertz CT molecular complexity index is 1030. The fourth-order valence-corrected chi connectivity index (χ4v) is 4.35. The van der Waals surface area contributed by atoms with Gasteiger partial charge in [0.1, 0.15) is 0 Å². The standard InChI is InChI=1S/C20H18N2O2S/c1-14-12-17-9-11-25(23,24)22-20(17)18(13-14)15-5-7-16(8-6-15)19-4-2-3-10-21-19/h2-8,10,12-13,22H,9,11H2,1H3. The number of hydrogen-bond donors (Lipinski definition) is 1. The molecule has 4 rings (SSSR count). The first-order chi connectivity index (χ1) is 12.0. The molecule has 1 aliphatic heterocycles. The summed E-state index contributed by atoms with van der Waals surface area (Å²) in [6, 6.07) is 18.0. The molecule has 3 aromatic rings. The summed E-state index contributed by atoms with van der Waals surface area (Å²) in [4.78, 5) is 4.36. The first-order valence-corrected chi connectivity index (χ1v) is 9.83. The van der Waals surface area contributed by atoms with Gasteiger partial charge in [-0.1, -0.05) is 42.0 Å². The van der Waals surface area contributed by atoms with Crippen LogP contribution in [-0.4, -0.2) is 19.2 Å². The fourth-order valence-electron chi connectivity index (χ4n) is 3.21. The van der Waals surface area contributed by atoms with Gasteiger partial charge >= 0.3 is 0 Å². The zero-order chi connectivity index (χ0) is 17.4. The average Bonchev–Trinajstić information content (AvgIpc) is 2.62. The average molecular weight is 350 g/mol. The monoisotopic (exact) mass is 350 g/mol. The van der Waals surface area contributed by atoms with Crippen molar-refractivity contribution in [2.75, 3.05) is 10.5 Å². The largest absolute Gasteiger partial charge is 0.283 e. The van der Waals surface area contributed by atoms with E-state index < -0.39 is 10.0 Å². The Kier molecular flexibility index (Phi) is 3.81. The molecule has 25 heavy (non-hydrogen) atoms. The predicted octanol–water partition coefficient (Wildman–Crippen LogP) is 4.02. The number of aryl methyl sites for hydroxylation is 2. The Morgan fingerprint density at radius 1 is 1.00 bits per heavy atom. The lowest BCUT2D eigenvalue weighted by atomic mass is 9.95. The van der Waals surface area contributed by atoms with Gasteiger partial charge in [0, 0.05) is 17.3 Å². The second-order valence-electron chi connectivity index (χ2n) is 6.31. The molecule has 1 aromatic heterocycles. The SMILES string of the molecule is Cc1cc2c(c(-c3ccc(-c4ccccn4)cc3)c1)NS(=O)(=O)CC2. The summed E-state index contributed by atoms with van der Waals surface area (Å²) in [5.41, 5.74) is 6.76. The summed E-state index contributed by atoms with van der Waals surface area (Å²) in [5.74, 6) is 0.140. The zero-order valence-corrected chi connectivity index (χ0v) is 14.7. The molecule has 1 aliphatic rings. The van der Waals surface area contributed by atoms with Crippen LogP contribution in [-0.2, 0) is 16.4 Å². The molecule has 0 amide bonds. The maximum absolute atomic E-state index is 12.0. The molecule has 0 saturated heterocycles. The minimum Gasteiger partial charge on any atom is -0.283 e. The van der Waals surface area contributed by atoms with Gasteiger partial charge in [-0.3, -0.25) is 9.71 Å². The highest BCUT2D eigenvalue weighted by Gasteiger charge is 2.23. The summed E-state index contributed by atoms with van der Waals surface area (Å²) < 4.78 is 26.7. The lowest BCUT2D eigenvalue weighted by Gasteiger charge is -2.22. The first-order valence-electron chi connectivity index (χ1n) is 8.18. The van der Waals surface area contributed by atoms with Crippen LogP contribution in [0.25, 0.3) is 22.4 Å². The van der Waals surface area contributed by atoms with E-state index in [-0.39, 0.29) is 5.75 Å². The highest BCUT2D eigenvalue weighted by atomic mass is 32.2. The van der Waals surface area contributed by atoms with Crippen molar-refractivity contribution in [3.63, 3.8) is 0 Å². The van der Waals surface area contributed by atoms with Gasteiger partial charge in [-0.05, 0) is 42.7 Å². The molecule has 0 unspecified atom stereocenters. The van der Waals surface area contributed by atoms with Gasteiger partial charge < -0.3 is 0 Å². The van der Waals surface area contributed by atoms with Gasteiger partial charge in [0.25, 0.3) is 0 Å². The Morgan fingerprint density at radius 3 is 2.48 bits per heavy atom. The highest BCUT2D eigenvalue weighted by Crippen LogP contribution is 2.36. The number of rotatable bonds is 2. The molecule has 0 spiro atoms. The molecule has 0 fully saturated rings. The lowest BCUT2D eigenvalue weighted by molar-refractivity contribution is 0.599. The predicted molar refractivity (Wildman–Crippen MR) is 101 cm³/mol. The van der Waals surface area contributed by atoms with Gasteiger partial charge in [0.2, 0.25) is 10.0 Å². The molecule has 0 bridgehead atoms. The third-order valence-electron chi connectivity index (χ3n) is 4.42. The first kappa shape index (κ1) is 15.8. The molecule has 0 saturated carbocycles. The lowest BCUT2D eigenvalue weighted by Crippen LogP contribution is -2.24. The summed E-state index contributed by atoms with van der Waals surface area (Å²) in [6.07, 6.45) is 2.32. The molecule has 126 valence electrons. The van der Waals surface area contributed by atoms with Crippen LogP contribution in [0.2, 0.25) is 0 Å². The second-order valence-corrected chi connectivity index (χ2v) is 8.15. The van der Waals surface area contributed by atoms with Crippen LogP contribution in [0.5, 0.6) is 0 Å². The minimum atomic E-state index is -3.25. The molecule has 0 radical (unpaired) electrons. The van der Waals surface area contributed by atoms with Crippen LogP contribution in [0.4, 0.5) is 5.69 Å². The number of nitrogens with one attached hydrogen (secondary N) is 1. The van der Waals surface area contributed by atoms with E-state index in [0.29, 0.717) is 12.1 Å². The van der Waals surface area contributed by atoms with Gasteiger partial charge in [-0.2, -0.15) is 0 Å². The topological polar surface area (TPSA) is 59.1 Å². The van der Waals surface area contributed by atoms with Crippen molar-refractivity contribution >= 4 is 15.7 Å². The van der Waals surface area contributed by atoms with Crippen LogP contribution >= 0.6 is 0 Å². The number of benzene rings is 2. The number of aromatic nitrogens is 1. The number of pyridine rings is 1. The van der Waals surface area contributed by atoms with Gasteiger partial charge in [-0.25, -0.2) is 8.42 Å². The van der Waals surface area contributed by atoms with Crippen molar-refractivity contribution < 1.29 is 8.42 Å². The maximum atomic E-state index is 12.0. The number of hydrogen-bond acceptors (Lipinski definition) is 3. The fraction of sp³-hybridized carbons (Fsp3) is 0.150. The van der Waals surface area contributed by atoms with Crippen LogP contribution in [0.3, 0.4) is 0 Å². The van der Waals surface area contributed by atoms with E-state index in [0.717, 1.165) is 33.5 Å². The molecule has 2 heterocycles. The normalized spacial score (nSPS) is 15.2. The Morgan fingerprint density at radius 2 is 1.76 bits per heavy atom. The molecular formula is C20H18N2O2S. The Hall–Kier alpha value is -2.66. The Balaban J connectivity index is 1.79. The molecule has 0 atom stereocenters. The number of sulfonamides is 1. The second kappa shape index (κ2) is 6.01. The summed E-state index contributed by atoms with van der Waals surface area (Å²) in [7, 11) is -3.25. The van der Waals surface area contributed by atoms with E-state index in [4.69, 9.17) is 0 Å². The molecule has 5 heteroatoms. The Labute approximate surface area is 147 Å². The number of anilines is 1. The van der Waals surface area contributed by atoms with Crippen LogP contribution in [0.15, 0.2) is 60.8 Å². The van der Waals surface area contributed by atoms with E-state index in [1.807, 2.05) is 55.5 Å². The van der Waals surface area contributed by atoms with Gasteiger partial charge in [-0.15, -0.1) is 0 Å². The zero-order valence-electron chi connectivity index (χ0n) is 13.9. The third-order valence-corrected chi connectivity index (χ3v) is 5.68. The van der Waals surface area contributed by atoms with E-state index in [1.54, 1.807) is 6.20 Å². The maximum Gasteiger partial charge on any atom is 0.233 e. The van der Waals surface area contributed by atoms with Crippen molar-refractivity contribution in [3.8, 4) is 22.4 Å². The quantitative estimate of drug-likeness (QED) is 0.759. The van der Waals surface area contributed by atoms with Crippen molar-refractivity contribution in [1.29, 1.82) is 0 Å².